The quantitative estimate of drug-likeness (QED) is 0.605. The van der Waals surface area contributed by atoms with Crippen LogP contribution in [-0.4, -0.2) is 29.3 Å². The third-order valence-corrected chi connectivity index (χ3v) is 3.51. The molecule has 1 atom stereocenters. The Balaban J connectivity index is 2.74. The molecule has 1 heterocycles. The van der Waals surface area contributed by atoms with Crippen molar-refractivity contribution < 1.29 is 5.11 Å². The Morgan fingerprint density at radius 2 is 2.08 bits per heavy atom. The fourth-order valence-corrected chi connectivity index (χ4v) is 2.28. The highest BCUT2D eigenvalue weighted by Gasteiger charge is 2.45. The second-order valence-electron chi connectivity index (χ2n) is 4.18. The number of hydrogen-bond donors (Lipinski definition) is 3. The van der Waals surface area contributed by atoms with Gasteiger partial charge in [0.25, 0.3) is 0 Å². The van der Waals surface area contributed by atoms with Gasteiger partial charge in [0.15, 0.2) is 0 Å². The Labute approximate surface area is 80.7 Å². The second kappa shape index (κ2) is 3.95. The zero-order valence-electron chi connectivity index (χ0n) is 8.77. The summed E-state index contributed by atoms with van der Waals surface area (Å²) in [5.41, 5.74) is 5.13. The van der Waals surface area contributed by atoms with Gasteiger partial charge in [-0.05, 0) is 32.2 Å². The van der Waals surface area contributed by atoms with Crippen molar-refractivity contribution in [3.63, 3.8) is 0 Å². The van der Waals surface area contributed by atoms with E-state index in [1.165, 1.54) is 0 Å². The Hall–Kier alpha value is -0.120. The molecular weight excluding hydrogens is 164 g/mol. The number of aliphatic hydroxyl groups is 1. The van der Waals surface area contributed by atoms with Gasteiger partial charge >= 0.3 is 0 Å². The molecule has 3 nitrogen and oxygen atoms in total. The van der Waals surface area contributed by atoms with Crippen LogP contribution >= 0.6 is 0 Å². The van der Waals surface area contributed by atoms with Crippen molar-refractivity contribution in [3.8, 4) is 0 Å². The molecule has 0 amide bonds. The molecule has 0 aromatic carbocycles. The highest BCUT2D eigenvalue weighted by Crippen LogP contribution is 2.31. The van der Waals surface area contributed by atoms with Crippen LogP contribution in [0.25, 0.3) is 0 Å². The van der Waals surface area contributed by atoms with Crippen molar-refractivity contribution in [2.45, 2.75) is 50.7 Å². The topological polar surface area (TPSA) is 58.3 Å². The summed E-state index contributed by atoms with van der Waals surface area (Å²) >= 11 is 0. The van der Waals surface area contributed by atoms with Gasteiger partial charge in [-0.2, -0.15) is 0 Å². The minimum Gasteiger partial charge on any atom is -0.388 e. The van der Waals surface area contributed by atoms with Gasteiger partial charge in [0.2, 0.25) is 0 Å². The molecular formula is C10H22N2O. The van der Waals surface area contributed by atoms with Gasteiger partial charge in [-0.25, -0.2) is 0 Å². The first-order chi connectivity index (χ1) is 6.08. The van der Waals surface area contributed by atoms with Crippen LogP contribution in [0.3, 0.4) is 0 Å². The standard InChI is InChI=1S/C10H22N2O/c1-3-10(13,4-2)9(11)6-5-7-12-8-9/h12-13H,3-8,11H2,1-2H3. The average Bonchev–Trinajstić information content (AvgIpc) is 2.17. The predicted octanol–water partition coefficient (Wildman–Crippen LogP) is 0.618. The summed E-state index contributed by atoms with van der Waals surface area (Å²) < 4.78 is 0. The van der Waals surface area contributed by atoms with E-state index in [1.54, 1.807) is 0 Å². The number of rotatable bonds is 3. The molecule has 1 aliphatic rings. The molecule has 4 N–H and O–H groups in total. The van der Waals surface area contributed by atoms with Crippen LogP contribution in [0.15, 0.2) is 0 Å². The van der Waals surface area contributed by atoms with Gasteiger partial charge in [0, 0.05) is 6.54 Å². The van der Waals surface area contributed by atoms with Crippen LogP contribution in [0.5, 0.6) is 0 Å². The molecule has 13 heavy (non-hydrogen) atoms. The summed E-state index contributed by atoms with van der Waals surface area (Å²) in [7, 11) is 0. The lowest BCUT2D eigenvalue weighted by atomic mass is 9.72. The summed E-state index contributed by atoms with van der Waals surface area (Å²) in [4.78, 5) is 0. The third kappa shape index (κ3) is 1.87. The summed E-state index contributed by atoms with van der Waals surface area (Å²) in [6, 6.07) is 0. The van der Waals surface area contributed by atoms with E-state index in [1.807, 2.05) is 13.8 Å². The van der Waals surface area contributed by atoms with Gasteiger partial charge < -0.3 is 16.2 Å². The van der Waals surface area contributed by atoms with E-state index < -0.39 is 11.1 Å². The van der Waals surface area contributed by atoms with Crippen molar-refractivity contribution in [1.82, 2.24) is 5.32 Å². The Morgan fingerprint density at radius 3 is 2.46 bits per heavy atom. The normalized spacial score (nSPS) is 30.5. The highest BCUT2D eigenvalue weighted by atomic mass is 16.3. The van der Waals surface area contributed by atoms with Crippen molar-refractivity contribution >= 4 is 0 Å². The first-order valence-corrected chi connectivity index (χ1v) is 5.30. The van der Waals surface area contributed by atoms with Crippen LogP contribution in [0.4, 0.5) is 0 Å². The molecule has 0 aromatic heterocycles. The van der Waals surface area contributed by atoms with Gasteiger partial charge in [0.05, 0.1) is 11.1 Å². The maximum atomic E-state index is 10.3. The largest absolute Gasteiger partial charge is 0.388 e. The fraction of sp³-hybridized carbons (Fsp3) is 1.00. The summed E-state index contributed by atoms with van der Waals surface area (Å²) in [6.45, 7) is 5.78. The SMILES string of the molecule is CCC(O)(CC)C1(N)CCCNC1. The molecule has 1 rings (SSSR count). The zero-order chi connectivity index (χ0) is 9.95. The van der Waals surface area contributed by atoms with E-state index in [-0.39, 0.29) is 0 Å². The van der Waals surface area contributed by atoms with Crippen LogP contribution in [0.1, 0.15) is 39.5 Å². The lowest BCUT2D eigenvalue weighted by Gasteiger charge is -2.46. The average molecular weight is 186 g/mol. The van der Waals surface area contributed by atoms with E-state index in [2.05, 4.69) is 5.32 Å². The van der Waals surface area contributed by atoms with Crippen molar-refractivity contribution in [2.24, 2.45) is 5.73 Å². The summed E-state index contributed by atoms with van der Waals surface area (Å²) in [5, 5.41) is 13.6. The first-order valence-electron chi connectivity index (χ1n) is 5.30. The van der Waals surface area contributed by atoms with E-state index in [9.17, 15) is 5.11 Å². The van der Waals surface area contributed by atoms with Crippen molar-refractivity contribution in [3.05, 3.63) is 0 Å². The Kier molecular flexibility index (Phi) is 3.33. The minimum absolute atomic E-state index is 0.422. The maximum absolute atomic E-state index is 10.3. The van der Waals surface area contributed by atoms with Crippen LogP contribution in [0.2, 0.25) is 0 Å². The van der Waals surface area contributed by atoms with Gasteiger partial charge in [-0.15, -0.1) is 0 Å². The van der Waals surface area contributed by atoms with Crippen molar-refractivity contribution in [2.75, 3.05) is 13.1 Å². The zero-order valence-corrected chi connectivity index (χ0v) is 8.77. The third-order valence-electron chi connectivity index (χ3n) is 3.51. The molecule has 0 spiro atoms. The van der Waals surface area contributed by atoms with Gasteiger partial charge in [-0.3, -0.25) is 0 Å². The molecule has 1 saturated heterocycles. The molecule has 0 bridgehead atoms. The maximum Gasteiger partial charge on any atom is 0.0833 e. The lowest BCUT2D eigenvalue weighted by Crippen LogP contribution is -2.66. The predicted molar refractivity (Wildman–Crippen MR) is 54.6 cm³/mol. The molecule has 3 heteroatoms. The number of nitrogens with one attached hydrogen (secondary N) is 1. The number of hydrogen-bond acceptors (Lipinski definition) is 3. The van der Waals surface area contributed by atoms with E-state index in [0.717, 1.165) is 38.8 Å². The van der Waals surface area contributed by atoms with Crippen LogP contribution < -0.4 is 11.1 Å². The second-order valence-corrected chi connectivity index (χ2v) is 4.18. The minimum atomic E-state index is -0.694. The first kappa shape index (κ1) is 11.0. The van der Waals surface area contributed by atoms with E-state index >= 15 is 0 Å². The summed E-state index contributed by atoms with van der Waals surface area (Å²) in [5.74, 6) is 0. The van der Waals surface area contributed by atoms with Gasteiger partial charge in [-0.1, -0.05) is 13.8 Å². The smallest absolute Gasteiger partial charge is 0.0833 e. The Morgan fingerprint density at radius 1 is 1.46 bits per heavy atom. The molecule has 0 aromatic rings. The molecule has 0 radical (unpaired) electrons. The van der Waals surface area contributed by atoms with Crippen LogP contribution in [-0.2, 0) is 0 Å². The summed E-state index contributed by atoms with van der Waals surface area (Å²) in [6.07, 6.45) is 3.47. The van der Waals surface area contributed by atoms with Crippen LogP contribution in [0, 0.1) is 0 Å². The molecule has 1 unspecified atom stereocenters. The Bertz CT molecular complexity index is 160. The van der Waals surface area contributed by atoms with Crippen molar-refractivity contribution in [1.29, 1.82) is 0 Å². The van der Waals surface area contributed by atoms with Gasteiger partial charge in [0.1, 0.15) is 0 Å². The number of nitrogens with two attached hydrogens (primary N) is 1. The molecule has 78 valence electrons. The lowest BCUT2D eigenvalue weighted by molar-refractivity contribution is -0.0518. The monoisotopic (exact) mass is 186 g/mol. The highest BCUT2D eigenvalue weighted by molar-refractivity contribution is 5.05. The van der Waals surface area contributed by atoms with E-state index in [4.69, 9.17) is 5.73 Å². The molecule has 0 aliphatic carbocycles. The number of piperidine rings is 1. The molecule has 1 fully saturated rings. The van der Waals surface area contributed by atoms with E-state index in [0.29, 0.717) is 0 Å². The fourth-order valence-electron chi connectivity index (χ4n) is 2.28. The molecule has 0 saturated carbocycles. The molecule has 1 aliphatic heterocycles.